The highest BCUT2D eigenvalue weighted by atomic mass is 32.1. The SMILES string of the molecule is CCN1CCN(Cc2nc3scc(-c4ccc(C)cc4C)c3c(=O)[nH]2)CC1. The lowest BCUT2D eigenvalue weighted by Crippen LogP contribution is -2.45. The van der Waals surface area contributed by atoms with E-state index in [9.17, 15) is 4.79 Å². The Morgan fingerprint density at radius 2 is 1.85 bits per heavy atom. The molecule has 3 aromatic rings. The second-order valence-corrected chi connectivity index (χ2v) is 8.23. The van der Waals surface area contributed by atoms with Crippen LogP contribution < -0.4 is 5.56 Å². The Hall–Kier alpha value is -2.02. The van der Waals surface area contributed by atoms with E-state index < -0.39 is 0 Å². The lowest BCUT2D eigenvalue weighted by molar-refractivity contribution is 0.129. The Morgan fingerprint density at radius 3 is 2.56 bits per heavy atom. The quantitative estimate of drug-likeness (QED) is 0.751. The first kappa shape index (κ1) is 18.3. The van der Waals surface area contributed by atoms with E-state index in [1.165, 1.54) is 11.1 Å². The van der Waals surface area contributed by atoms with Crippen LogP contribution >= 0.6 is 11.3 Å². The molecule has 1 aliphatic rings. The molecule has 1 saturated heterocycles. The second-order valence-electron chi connectivity index (χ2n) is 7.37. The average Bonchev–Trinajstić information content (AvgIpc) is 3.06. The van der Waals surface area contributed by atoms with Crippen LogP contribution in [0, 0.1) is 13.8 Å². The maximum absolute atomic E-state index is 12.9. The zero-order valence-electron chi connectivity index (χ0n) is 16.2. The fourth-order valence-electron chi connectivity index (χ4n) is 3.86. The number of likely N-dealkylation sites (N-methyl/N-ethyl adjacent to an activating group) is 1. The predicted octanol–water partition coefficient (Wildman–Crippen LogP) is 3.41. The number of aromatic amines is 1. The van der Waals surface area contributed by atoms with Crippen molar-refractivity contribution in [2.45, 2.75) is 27.3 Å². The molecule has 0 spiro atoms. The van der Waals surface area contributed by atoms with Gasteiger partial charge in [-0.15, -0.1) is 11.3 Å². The van der Waals surface area contributed by atoms with Crippen molar-refractivity contribution in [1.82, 2.24) is 19.8 Å². The number of nitrogens with one attached hydrogen (secondary N) is 1. The molecule has 0 amide bonds. The third-order valence-corrected chi connectivity index (χ3v) is 6.32. The summed E-state index contributed by atoms with van der Waals surface area (Å²) in [4.78, 5) is 26.3. The van der Waals surface area contributed by atoms with E-state index in [-0.39, 0.29) is 5.56 Å². The van der Waals surface area contributed by atoms with Gasteiger partial charge in [0.25, 0.3) is 5.56 Å². The molecule has 6 heteroatoms. The molecule has 0 saturated carbocycles. The van der Waals surface area contributed by atoms with Crippen LogP contribution in [0.1, 0.15) is 23.9 Å². The molecule has 1 aliphatic heterocycles. The maximum atomic E-state index is 12.9. The number of fused-ring (bicyclic) bond motifs is 1. The Balaban J connectivity index is 1.63. The van der Waals surface area contributed by atoms with Gasteiger partial charge in [0, 0.05) is 37.1 Å². The van der Waals surface area contributed by atoms with E-state index >= 15 is 0 Å². The summed E-state index contributed by atoms with van der Waals surface area (Å²) < 4.78 is 0. The average molecular weight is 383 g/mol. The van der Waals surface area contributed by atoms with E-state index in [0.29, 0.717) is 11.9 Å². The van der Waals surface area contributed by atoms with E-state index in [1.807, 2.05) is 0 Å². The highest BCUT2D eigenvalue weighted by Crippen LogP contribution is 2.33. The Bertz CT molecular complexity index is 1010. The van der Waals surface area contributed by atoms with E-state index in [4.69, 9.17) is 4.98 Å². The molecule has 4 rings (SSSR count). The number of benzene rings is 1. The summed E-state index contributed by atoms with van der Waals surface area (Å²) in [7, 11) is 0. The van der Waals surface area contributed by atoms with Gasteiger partial charge >= 0.3 is 0 Å². The molecular formula is C21H26N4OS. The summed E-state index contributed by atoms with van der Waals surface area (Å²) in [5.74, 6) is 0.770. The van der Waals surface area contributed by atoms with Crippen molar-refractivity contribution in [2.24, 2.45) is 0 Å². The highest BCUT2D eigenvalue weighted by molar-refractivity contribution is 7.17. The summed E-state index contributed by atoms with van der Waals surface area (Å²) in [5, 5.41) is 2.78. The summed E-state index contributed by atoms with van der Waals surface area (Å²) >= 11 is 1.56. The largest absolute Gasteiger partial charge is 0.309 e. The molecule has 5 nitrogen and oxygen atoms in total. The first-order valence-corrected chi connectivity index (χ1v) is 10.5. The molecule has 0 radical (unpaired) electrons. The van der Waals surface area contributed by atoms with E-state index in [1.54, 1.807) is 11.3 Å². The van der Waals surface area contributed by atoms with Crippen molar-refractivity contribution < 1.29 is 0 Å². The molecule has 1 N–H and O–H groups in total. The summed E-state index contributed by atoms with van der Waals surface area (Å²) in [5.41, 5.74) is 4.49. The maximum Gasteiger partial charge on any atom is 0.260 e. The van der Waals surface area contributed by atoms with Crippen LogP contribution in [0.4, 0.5) is 0 Å². The van der Waals surface area contributed by atoms with Gasteiger partial charge in [-0.25, -0.2) is 4.98 Å². The van der Waals surface area contributed by atoms with Gasteiger partial charge in [-0.05, 0) is 31.5 Å². The standard InChI is InChI=1S/C21H26N4OS/c1-4-24-7-9-25(10-8-24)12-18-22-20(26)19-17(13-27-21(19)23-18)16-6-5-14(2)11-15(16)3/h5-6,11,13H,4,7-10,12H2,1-3H3,(H,22,23,26). The van der Waals surface area contributed by atoms with Crippen molar-refractivity contribution in [3.63, 3.8) is 0 Å². The summed E-state index contributed by atoms with van der Waals surface area (Å²) in [6.45, 7) is 12.4. The number of hydrogen-bond acceptors (Lipinski definition) is 5. The Kier molecular flexibility index (Phi) is 5.12. The zero-order chi connectivity index (χ0) is 19.0. The highest BCUT2D eigenvalue weighted by Gasteiger charge is 2.18. The minimum absolute atomic E-state index is 0.0292. The van der Waals surface area contributed by atoms with Crippen LogP contribution in [0.2, 0.25) is 0 Å². The number of nitrogens with zero attached hydrogens (tertiary/aromatic N) is 3. The fourth-order valence-corrected chi connectivity index (χ4v) is 4.82. The van der Waals surface area contributed by atoms with Gasteiger partial charge in [0.05, 0.1) is 11.9 Å². The molecule has 2 aromatic heterocycles. The van der Waals surface area contributed by atoms with Gasteiger partial charge in [0.1, 0.15) is 10.7 Å². The van der Waals surface area contributed by atoms with Crippen LogP contribution in [0.15, 0.2) is 28.4 Å². The molecule has 3 heterocycles. The number of H-pyrrole nitrogens is 1. The van der Waals surface area contributed by atoms with Gasteiger partial charge in [-0.1, -0.05) is 30.7 Å². The minimum atomic E-state index is -0.0292. The van der Waals surface area contributed by atoms with Crippen molar-refractivity contribution in [3.05, 3.63) is 50.9 Å². The number of rotatable bonds is 4. The van der Waals surface area contributed by atoms with Crippen LogP contribution in [-0.4, -0.2) is 52.5 Å². The second kappa shape index (κ2) is 7.54. The van der Waals surface area contributed by atoms with Gasteiger partial charge in [-0.3, -0.25) is 9.69 Å². The first-order valence-electron chi connectivity index (χ1n) is 9.58. The molecule has 27 heavy (non-hydrogen) atoms. The Morgan fingerprint density at radius 1 is 1.11 bits per heavy atom. The number of hydrogen-bond donors (Lipinski definition) is 1. The van der Waals surface area contributed by atoms with Gasteiger partial charge in [0.15, 0.2) is 0 Å². The lowest BCUT2D eigenvalue weighted by atomic mass is 9.99. The first-order chi connectivity index (χ1) is 13.0. The molecular weight excluding hydrogens is 356 g/mol. The van der Waals surface area contributed by atoms with E-state index in [0.717, 1.165) is 54.5 Å². The monoisotopic (exact) mass is 382 g/mol. The van der Waals surface area contributed by atoms with Crippen LogP contribution in [-0.2, 0) is 6.54 Å². The molecule has 1 aromatic carbocycles. The zero-order valence-corrected chi connectivity index (χ0v) is 17.0. The predicted molar refractivity (Wildman–Crippen MR) is 113 cm³/mol. The van der Waals surface area contributed by atoms with Gasteiger partial charge in [0.2, 0.25) is 0 Å². The van der Waals surface area contributed by atoms with Crippen LogP contribution in [0.5, 0.6) is 0 Å². The minimum Gasteiger partial charge on any atom is -0.309 e. The van der Waals surface area contributed by atoms with Gasteiger partial charge in [-0.2, -0.15) is 0 Å². The molecule has 0 bridgehead atoms. The van der Waals surface area contributed by atoms with Crippen molar-refractivity contribution in [1.29, 1.82) is 0 Å². The third-order valence-electron chi connectivity index (χ3n) is 5.45. The third kappa shape index (κ3) is 3.70. The number of aryl methyl sites for hydroxylation is 2. The number of piperazine rings is 1. The molecule has 0 atom stereocenters. The van der Waals surface area contributed by atoms with Crippen LogP contribution in [0.25, 0.3) is 21.3 Å². The topological polar surface area (TPSA) is 52.2 Å². The summed E-state index contributed by atoms with van der Waals surface area (Å²) in [6.07, 6.45) is 0. The molecule has 0 aliphatic carbocycles. The molecule has 1 fully saturated rings. The van der Waals surface area contributed by atoms with E-state index in [2.05, 4.69) is 59.1 Å². The lowest BCUT2D eigenvalue weighted by Gasteiger charge is -2.33. The number of thiophene rings is 1. The van der Waals surface area contributed by atoms with Crippen LogP contribution in [0.3, 0.4) is 0 Å². The Labute approximate surface area is 163 Å². The van der Waals surface area contributed by atoms with Crippen molar-refractivity contribution in [2.75, 3.05) is 32.7 Å². The van der Waals surface area contributed by atoms with Crippen molar-refractivity contribution in [3.8, 4) is 11.1 Å². The molecule has 142 valence electrons. The fraction of sp³-hybridized carbons (Fsp3) is 0.429. The summed E-state index contributed by atoms with van der Waals surface area (Å²) in [6, 6.07) is 6.36. The van der Waals surface area contributed by atoms with Crippen molar-refractivity contribution >= 4 is 21.6 Å². The normalized spacial score (nSPS) is 16.3. The number of aromatic nitrogens is 2. The van der Waals surface area contributed by atoms with Gasteiger partial charge < -0.3 is 9.88 Å². The molecule has 0 unspecified atom stereocenters. The smallest absolute Gasteiger partial charge is 0.260 e.